The molecule has 0 spiro atoms. The summed E-state index contributed by atoms with van der Waals surface area (Å²) in [6.45, 7) is 0.113. The first-order valence-electron chi connectivity index (χ1n) is 13.5. The third-order valence-electron chi connectivity index (χ3n) is 7.20. The van der Waals surface area contributed by atoms with E-state index in [2.05, 4.69) is 5.32 Å². The van der Waals surface area contributed by atoms with Crippen LogP contribution >= 0.6 is 0 Å². The molecule has 4 rings (SSSR count). The van der Waals surface area contributed by atoms with Gasteiger partial charge in [-0.2, -0.15) is 0 Å². The van der Waals surface area contributed by atoms with E-state index in [1.54, 1.807) is 0 Å². The van der Waals surface area contributed by atoms with Crippen molar-refractivity contribution in [1.29, 1.82) is 0 Å². The SMILES string of the molecule is C1CCC(NC2CCCCC2)CC1.CN(C(=O)OCc1ccccc1)[C@H](Cc1ccccc1)C(=O)O. The van der Waals surface area contributed by atoms with Crippen LogP contribution in [0.5, 0.6) is 0 Å². The Hall–Kier alpha value is -2.86. The lowest BCUT2D eigenvalue weighted by molar-refractivity contribution is -0.142. The van der Waals surface area contributed by atoms with Crippen LogP contribution in [0.3, 0.4) is 0 Å². The molecule has 6 nitrogen and oxygen atoms in total. The third kappa shape index (κ3) is 9.65. The van der Waals surface area contributed by atoms with E-state index in [4.69, 9.17) is 4.74 Å². The number of likely N-dealkylation sites (N-methyl/N-ethyl adjacent to an activating group) is 1. The predicted octanol–water partition coefficient (Wildman–Crippen LogP) is 6.19. The number of benzene rings is 2. The summed E-state index contributed by atoms with van der Waals surface area (Å²) >= 11 is 0. The van der Waals surface area contributed by atoms with Gasteiger partial charge in [-0.1, -0.05) is 99.2 Å². The lowest BCUT2D eigenvalue weighted by Crippen LogP contribution is -2.44. The van der Waals surface area contributed by atoms with Crippen LogP contribution in [0.15, 0.2) is 60.7 Å². The fraction of sp³-hybridized carbons (Fsp3) is 0.533. The van der Waals surface area contributed by atoms with Gasteiger partial charge in [0.25, 0.3) is 0 Å². The van der Waals surface area contributed by atoms with Crippen molar-refractivity contribution in [2.75, 3.05) is 7.05 Å². The van der Waals surface area contributed by atoms with Crippen molar-refractivity contribution in [2.45, 2.75) is 95.4 Å². The number of carbonyl (C=O) groups is 2. The minimum Gasteiger partial charge on any atom is -0.480 e. The van der Waals surface area contributed by atoms with Gasteiger partial charge in [-0.15, -0.1) is 0 Å². The molecule has 0 radical (unpaired) electrons. The van der Waals surface area contributed by atoms with Crippen molar-refractivity contribution < 1.29 is 19.4 Å². The fourth-order valence-electron chi connectivity index (χ4n) is 5.05. The molecule has 1 atom stereocenters. The lowest BCUT2D eigenvalue weighted by atomic mass is 9.91. The molecule has 0 aliphatic heterocycles. The van der Waals surface area contributed by atoms with Gasteiger partial charge in [0.1, 0.15) is 12.6 Å². The highest BCUT2D eigenvalue weighted by Gasteiger charge is 2.28. The molecule has 2 saturated carbocycles. The summed E-state index contributed by atoms with van der Waals surface area (Å²) in [5.74, 6) is -1.06. The normalized spacial score (nSPS) is 17.4. The van der Waals surface area contributed by atoms with Crippen LogP contribution in [0.4, 0.5) is 4.79 Å². The van der Waals surface area contributed by atoms with E-state index in [9.17, 15) is 14.7 Å². The molecule has 2 N–H and O–H groups in total. The quantitative estimate of drug-likeness (QED) is 0.457. The number of nitrogens with zero attached hydrogens (tertiary/aromatic N) is 1. The Bertz CT molecular complexity index is 878. The zero-order chi connectivity index (χ0) is 25.6. The maximum atomic E-state index is 12.1. The van der Waals surface area contributed by atoms with Crippen molar-refractivity contribution in [3.05, 3.63) is 71.8 Å². The molecule has 6 heteroatoms. The van der Waals surface area contributed by atoms with Gasteiger partial charge in [0.15, 0.2) is 0 Å². The molecular formula is C30H42N2O4. The Morgan fingerprint density at radius 3 is 1.78 bits per heavy atom. The average Bonchev–Trinajstić information content (AvgIpc) is 2.92. The van der Waals surface area contributed by atoms with E-state index in [0.717, 1.165) is 28.1 Å². The van der Waals surface area contributed by atoms with Crippen LogP contribution < -0.4 is 5.32 Å². The monoisotopic (exact) mass is 494 g/mol. The molecule has 0 heterocycles. The minimum absolute atomic E-state index is 0.113. The number of aliphatic carboxylic acids is 1. The molecule has 196 valence electrons. The second-order valence-corrected chi connectivity index (χ2v) is 10.0. The maximum absolute atomic E-state index is 12.1. The van der Waals surface area contributed by atoms with Gasteiger partial charge in [0.2, 0.25) is 0 Å². The zero-order valence-corrected chi connectivity index (χ0v) is 21.6. The Morgan fingerprint density at radius 2 is 1.31 bits per heavy atom. The molecule has 0 aromatic heterocycles. The van der Waals surface area contributed by atoms with Crippen molar-refractivity contribution in [3.63, 3.8) is 0 Å². The highest BCUT2D eigenvalue weighted by atomic mass is 16.6. The van der Waals surface area contributed by atoms with Gasteiger partial charge >= 0.3 is 12.1 Å². The molecule has 36 heavy (non-hydrogen) atoms. The Balaban J connectivity index is 0.000000233. The Morgan fingerprint density at radius 1 is 0.833 bits per heavy atom. The molecule has 1 amide bonds. The standard InChI is InChI=1S/C18H19NO4.C12H23N/c1-19(18(22)23-13-15-10-6-3-7-11-15)16(17(20)21)12-14-8-4-2-5-9-14;1-3-7-11(8-4-1)13-12-9-5-2-6-10-12/h2-11,16H,12-13H2,1H3,(H,20,21);11-13H,1-10H2/t16-;/m1./s1. The molecule has 2 fully saturated rings. The van der Waals surface area contributed by atoms with Crippen molar-refractivity contribution in [3.8, 4) is 0 Å². The summed E-state index contributed by atoms with van der Waals surface area (Å²) in [5.41, 5.74) is 1.70. The van der Waals surface area contributed by atoms with E-state index in [1.807, 2.05) is 60.7 Å². The van der Waals surface area contributed by atoms with E-state index < -0.39 is 18.1 Å². The number of carboxylic acids is 1. The molecule has 2 aliphatic rings. The summed E-state index contributed by atoms with van der Waals surface area (Å²) in [6.07, 6.45) is 14.1. The number of carbonyl (C=O) groups excluding carboxylic acids is 1. The first-order chi connectivity index (χ1) is 17.5. The smallest absolute Gasteiger partial charge is 0.410 e. The summed E-state index contributed by atoms with van der Waals surface area (Å²) in [7, 11) is 1.44. The zero-order valence-electron chi connectivity index (χ0n) is 21.6. The van der Waals surface area contributed by atoms with Gasteiger partial charge in [-0.05, 0) is 36.8 Å². The van der Waals surface area contributed by atoms with Crippen LogP contribution in [0.25, 0.3) is 0 Å². The van der Waals surface area contributed by atoms with E-state index in [-0.39, 0.29) is 13.0 Å². The molecule has 2 aromatic carbocycles. The van der Waals surface area contributed by atoms with E-state index in [0.29, 0.717) is 0 Å². The molecule has 0 bridgehead atoms. The molecular weight excluding hydrogens is 452 g/mol. The van der Waals surface area contributed by atoms with Crippen LogP contribution in [-0.2, 0) is 22.6 Å². The summed E-state index contributed by atoms with van der Waals surface area (Å²) in [6, 6.07) is 19.2. The fourth-order valence-corrected chi connectivity index (χ4v) is 5.05. The molecule has 2 aromatic rings. The maximum Gasteiger partial charge on any atom is 0.410 e. The number of ether oxygens (including phenoxy) is 1. The number of hydrogen-bond acceptors (Lipinski definition) is 4. The lowest BCUT2D eigenvalue weighted by Gasteiger charge is -2.30. The van der Waals surface area contributed by atoms with Crippen molar-refractivity contribution in [2.24, 2.45) is 0 Å². The topological polar surface area (TPSA) is 78.9 Å². The van der Waals surface area contributed by atoms with Crippen LogP contribution in [0.1, 0.15) is 75.3 Å². The van der Waals surface area contributed by atoms with Gasteiger partial charge < -0.3 is 15.2 Å². The number of rotatable bonds is 8. The van der Waals surface area contributed by atoms with E-state index in [1.165, 1.54) is 71.3 Å². The van der Waals surface area contributed by atoms with Gasteiger partial charge in [0, 0.05) is 25.6 Å². The highest BCUT2D eigenvalue weighted by molar-refractivity contribution is 5.80. The second-order valence-electron chi connectivity index (χ2n) is 10.0. The van der Waals surface area contributed by atoms with Crippen LogP contribution in [0.2, 0.25) is 0 Å². The summed E-state index contributed by atoms with van der Waals surface area (Å²) in [5, 5.41) is 13.2. The van der Waals surface area contributed by atoms with E-state index >= 15 is 0 Å². The number of nitrogens with one attached hydrogen (secondary N) is 1. The largest absolute Gasteiger partial charge is 0.480 e. The average molecular weight is 495 g/mol. The van der Waals surface area contributed by atoms with Gasteiger partial charge in [-0.25, -0.2) is 9.59 Å². The summed E-state index contributed by atoms with van der Waals surface area (Å²) < 4.78 is 5.18. The Kier molecular flexibility index (Phi) is 11.8. The van der Waals surface area contributed by atoms with Crippen molar-refractivity contribution >= 4 is 12.1 Å². The van der Waals surface area contributed by atoms with Crippen molar-refractivity contribution in [1.82, 2.24) is 10.2 Å². The Labute approximate surface area is 216 Å². The minimum atomic E-state index is -1.06. The molecule has 2 aliphatic carbocycles. The first kappa shape index (κ1) is 27.7. The number of carboxylic acid groups (broad SMARTS) is 1. The van der Waals surface area contributed by atoms with Gasteiger partial charge in [0.05, 0.1) is 0 Å². The third-order valence-corrected chi connectivity index (χ3v) is 7.20. The van der Waals surface area contributed by atoms with Crippen LogP contribution in [0, 0.1) is 0 Å². The van der Waals surface area contributed by atoms with Crippen LogP contribution in [-0.4, -0.2) is 47.2 Å². The van der Waals surface area contributed by atoms with Gasteiger partial charge in [-0.3, -0.25) is 4.90 Å². The first-order valence-corrected chi connectivity index (χ1v) is 13.5. The highest BCUT2D eigenvalue weighted by Crippen LogP contribution is 2.22. The molecule has 0 saturated heterocycles. The number of amides is 1. The predicted molar refractivity (Wildman–Crippen MR) is 143 cm³/mol. The summed E-state index contributed by atoms with van der Waals surface area (Å²) in [4.78, 5) is 24.7. The second kappa shape index (κ2) is 15.3. The molecule has 0 unspecified atom stereocenters. The number of hydrogen-bond donors (Lipinski definition) is 2.